The van der Waals surface area contributed by atoms with Gasteiger partial charge in [0.1, 0.15) is 0 Å². The molecule has 200 valence electrons. The molecule has 1 saturated carbocycles. The number of amides is 2. The zero-order valence-corrected chi connectivity index (χ0v) is 22.3. The maximum absolute atomic E-state index is 13.3. The van der Waals surface area contributed by atoms with E-state index in [1.54, 1.807) is 4.90 Å². The van der Waals surface area contributed by atoms with Gasteiger partial charge in [-0.2, -0.15) is 0 Å². The highest BCUT2D eigenvalue weighted by atomic mass is 16.5. The van der Waals surface area contributed by atoms with Crippen LogP contribution >= 0.6 is 0 Å². The Balaban J connectivity index is 1.34. The minimum atomic E-state index is -0.244. The lowest BCUT2D eigenvalue weighted by Gasteiger charge is -2.30. The predicted molar refractivity (Wildman–Crippen MR) is 148 cm³/mol. The second kappa shape index (κ2) is 11.9. The molecular weight excluding hydrogens is 478 g/mol. The number of hydrogen-bond donors (Lipinski definition) is 1. The number of benzene rings is 2. The number of nitrogens with one attached hydrogen (secondary N) is 1. The van der Waals surface area contributed by atoms with Crippen LogP contribution in [0.4, 0.5) is 5.95 Å². The third kappa shape index (κ3) is 6.49. The van der Waals surface area contributed by atoms with Gasteiger partial charge >= 0.3 is 0 Å². The van der Waals surface area contributed by atoms with Crippen LogP contribution in [0.25, 0.3) is 16.9 Å². The molecule has 1 aliphatic carbocycles. The van der Waals surface area contributed by atoms with E-state index >= 15 is 0 Å². The lowest BCUT2D eigenvalue weighted by atomic mass is 10.0. The molecule has 38 heavy (non-hydrogen) atoms. The number of carbonyl (C=O) groups excluding carboxylic acids is 2. The van der Waals surface area contributed by atoms with Crippen LogP contribution in [0.5, 0.6) is 0 Å². The quantitative estimate of drug-likeness (QED) is 0.438. The van der Waals surface area contributed by atoms with Gasteiger partial charge in [0.15, 0.2) is 0 Å². The molecular formula is C30H37N5O3. The van der Waals surface area contributed by atoms with Crippen molar-refractivity contribution >= 4 is 17.8 Å². The molecule has 0 unspecified atom stereocenters. The fourth-order valence-corrected chi connectivity index (χ4v) is 4.71. The largest absolute Gasteiger partial charge is 0.379 e. The highest BCUT2D eigenvalue weighted by Gasteiger charge is 2.34. The molecule has 2 aromatic carbocycles. The molecule has 0 bridgehead atoms. The molecule has 5 rings (SSSR count). The SMILES string of the molecule is CC(C)c1ccc(-n2cc(-c3ccccc3)nc2NC(=O)CN(CCN2CCOCC2)C(=O)C2CC2)cc1. The van der Waals surface area contributed by atoms with Crippen LogP contribution in [-0.2, 0) is 14.3 Å². The van der Waals surface area contributed by atoms with Crippen molar-refractivity contribution in [3.63, 3.8) is 0 Å². The molecule has 1 N–H and O–H groups in total. The Hall–Kier alpha value is -3.49. The molecule has 3 aromatic rings. The van der Waals surface area contributed by atoms with Gasteiger partial charge in [0.2, 0.25) is 17.8 Å². The molecule has 0 radical (unpaired) electrons. The lowest BCUT2D eigenvalue weighted by molar-refractivity contribution is -0.136. The number of aromatic nitrogens is 2. The zero-order chi connectivity index (χ0) is 26.5. The average Bonchev–Trinajstić information content (AvgIpc) is 3.72. The van der Waals surface area contributed by atoms with Gasteiger partial charge < -0.3 is 9.64 Å². The van der Waals surface area contributed by atoms with Crippen molar-refractivity contribution in [1.82, 2.24) is 19.4 Å². The Morgan fingerprint density at radius 2 is 1.76 bits per heavy atom. The van der Waals surface area contributed by atoms with E-state index in [9.17, 15) is 9.59 Å². The summed E-state index contributed by atoms with van der Waals surface area (Å²) in [7, 11) is 0. The normalized spacial score (nSPS) is 16.0. The highest BCUT2D eigenvalue weighted by Crippen LogP contribution is 2.31. The van der Waals surface area contributed by atoms with Gasteiger partial charge in [-0.1, -0.05) is 56.3 Å². The molecule has 0 atom stereocenters. The van der Waals surface area contributed by atoms with Crippen molar-refractivity contribution in [2.75, 3.05) is 51.3 Å². The predicted octanol–water partition coefficient (Wildman–Crippen LogP) is 4.17. The topological polar surface area (TPSA) is 79.7 Å². The number of rotatable bonds is 10. The Bertz CT molecular complexity index is 1230. The van der Waals surface area contributed by atoms with Crippen LogP contribution < -0.4 is 5.32 Å². The Kier molecular flexibility index (Phi) is 8.20. The van der Waals surface area contributed by atoms with E-state index in [1.807, 2.05) is 53.2 Å². The zero-order valence-electron chi connectivity index (χ0n) is 22.3. The summed E-state index contributed by atoms with van der Waals surface area (Å²) in [5.41, 5.74) is 3.90. The first-order valence-corrected chi connectivity index (χ1v) is 13.6. The van der Waals surface area contributed by atoms with Gasteiger partial charge in [0, 0.05) is 49.5 Å². The summed E-state index contributed by atoms with van der Waals surface area (Å²) >= 11 is 0. The number of imidazole rings is 1. The standard InChI is InChI=1S/C30H37N5O3/c1-22(2)23-10-12-26(13-11-23)35-20-27(24-6-4-3-5-7-24)31-30(35)32-28(36)21-34(29(37)25-8-9-25)15-14-33-16-18-38-19-17-33/h3-7,10-13,20,22,25H,8-9,14-19,21H2,1-2H3,(H,31,32,36). The highest BCUT2D eigenvalue weighted by molar-refractivity contribution is 5.94. The Labute approximate surface area is 224 Å². The second-order valence-electron chi connectivity index (χ2n) is 10.5. The molecule has 2 amide bonds. The molecule has 2 aliphatic rings. The molecule has 1 saturated heterocycles. The minimum Gasteiger partial charge on any atom is -0.379 e. The second-order valence-corrected chi connectivity index (χ2v) is 10.5. The molecule has 1 aliphatic heterocycles. The summed E-state index contributed by atoms with van der Waals surface area (Å²) in [6, 6.07) is 18.2. The van der Waals surface area contributed by atoms with Crippen molar-refractivity contribution < 1.29 is 14.3 Å². The van der Waals surface area contributed by atoms with Crippen LogP contribution in [0.1, 0.15) is 38.2 Å². The van der Waals surface area contributed by atoms with Gasteiger partial charge in [-0.25, -0.2) is 4.98 Å². The Morgan fingerprint density at radius 1 is 1.05 bits per heavy atom. The first-order chi connectivity index (χ1) is 18.5. The van der Waals surface area contributed by atoms with Crippen LogP contribution in [0.3, 0.4) is 0 Å². The van der Waals surface area contributed by atoms with Crippen molar-refractivity contribution in [3.05, 3.63) is 66.4 Å². The third-order valence-corrected chi connectivity index (χ3v) is 7.23. The fourth-order valence-electron chi connectivity index (χ4n) is 4.71. The van der Waals surface area contributed by atoms with Crippen molar-refractivity contribution in [2.24, 2.45) is 5.92 Å². The van der Waals surface area contributed by atoms with Crippen LogP contribution in [0.2, 0.25) is 0 Å². The Morgan fingerprint density at radius 3 is 2.42 bits per heavy atom. The molecule has 8 heteroatoms. The summed E-state index contributed by atoms with van der Waals surface area (Å²) in [5, 5.41) is 3.00. The molecule has 8 nitrogen and oxygen atoms in total. The third-order valence-electron chi connectivity index (χ3n) is 7.23. The summed E-state index contributed by atoms with van der Waals surface area (Å²) < 4.78 is 7.35. The van der Waals surface area contributed by atoms with Gasteiger partial charge in [0.25, 0.3) is 0 Å². The number of carbonyl (C=O) groups is 2. The first-order valence-electron chi connectivity index (χ1n) is 13.6. The van der Waals surface area contributed by atoms with Crippen molar-refractivity contribution in [2.45, 2.75) is 32.6 Å². The molecule has 2 fully saturated rings. The van der Waals surface area contributed by atoms with E-state index in [0.29, 0.717) is 31.6 Å². The van der Waals surface area contributed by atoms with E-state index < -0.39 is 0 Å². The van der Waals surface area contributed by atoms with E-state index in [-0.39, 0.29) is 24.3 Å². The smallest absolute Gasteiger partial charge is 0.246 e. The number of ether oxygens (including phenoxy) is 1. The van der Waals surface area contributed by atoms with Crippen LogP contribution in [-0.4, -0.2) is 77.1 Å². The average molecular weight is 516 g/mol. The van der Waals surface area contributed by atoms with Gasteiger partial charge in [0.05, 0.1) is 25.5 Å². The van der Waals surface area contributed by atoms with Crippen LogP contribution in [0.15, 0.2) is 60.8 Å². The fraction of sp³-hybridized carbons (Fsp3) is 0.433. The monoisotopic (exact) mass is 515 g/mol. The van der Waals surface area contributed by atoms with E-state index in [4.69, 9.17) is 9.72 Å². The maximum Gasteiger partial charge on any atom is 0.246 e. The number of nitrogens with zero attached hydrogens (tertiary/aromatic N) is 4. The minimum absolute atomic E-state index is 0.0134. The van der Waals surface area contributed by atoms with Crippen molar-refractivity contribution in [1.29, 1.82) is 0 Å². The number of morpholine rings is 1. The number of anilines is 1. The summed E-state index contributed by atoms with van der Waals surface area (Å²) in [4.78, 5) is 35.1. The van der Waals surface area contributed by atoms with Crippen molar-refractivity contribution in [3.8, 4) is 16.9 Å². The lowest BCUT2D eigenvalue weighted by Crippen LogP contribution is -2.45. The molecule has 2 heterocycles. The van der Waals surface area contributed by atoms with Gasteiger partial charge in [-0.05, 0) is 36.5 Å². The summed E-state index contributed by atoms with van der Waals surface area (Å²) in [5.74, 6) is 0.757. The van der Waals surface area contributed by atoms with E-state index in [0.717, 1.165) is 49.4 Å². The molecule has 1 aromatic heterocycles. The van der Waals surface area contributed by atoms with Crippen LogP contribution in [0, 0.1) is 5.92 Å². The first kappa shape index (κ1) is 26.1. The van der Waals surface area contributed by atoms with Gasteiger partial charge in [-0.3, -0.25) is 24.4 Å². The van der Waals surface area contributed by atoms with E-state index in [2.05, 4.69) is 36.2 Å². The maximum atomic E-state index is 13.3. The van der Waals surface area contributed by atoms with Gasteiger partial charge in [-0.15, -0.1) is 0 Å². The number of hydrogen-bond acceptors (Lipinski definition) is 5. The summed E-state index contributed by atoms with van der Waals surface area (Å²) in [6.45, 7) is 8.74. The molecule has 0 spiro atoms. The summed E-state index contributed by atoms with van der Waals surface area (Å²) in [6.07, 6.45) is 3.76. The van der Waals surface area contributed by atoms with E-state index in [1.165, 1.54) is 5.56 Å².